The molecule has 1 unspecified atom stereocenters. The van der Waals surface area contributed by atoms with Crippen LogP contribution in [0.3, 0.4) is 0 Å². The van der Waals surface area contributed by atoms with Gasteiger partial charge < -0.3 is 15.2 Å². The summed E-state index contributed by atoms with van der Waals surface area (Å²) in [6.07, 6.45) is 0. The number of methoxy groups -OCH3 is 1. The third-order valence-electron chi connectivity index (χ3n) is 2.88. The monoisotopic (exact) mass is 277 g/mol. The summed E-state index contributed by atoms with van der Waals surface area (Å²) in [6, 6.07) is 14.8. The Balaban J connectivity index is 2.32. The second-order valence-electron chi connectivity index (χ2n) is 4.10. The first-order chi connectivity index (χ1) is 9.26. The van der Waals surface area contributed by atoms with E-state index in [-0.39, 0.29) is 12.6 Å². The van der Waals surface area contributed by atoms with E-state index in [4.69, 9.17) is 16.3 Å². The first-order valence-corrected chi connectivity index (χ1v) is 6.39. The SMILES string of the molecule is COc1cccc(Cl)c1C(CO)Nc1ccccc1. The van der Waals surface area contributed by atoms with Gasteiger partial charge in [-0.15, -0.1) is 0 Å². The molecule has 4 heteroatoms. The standard InChI is InChI=1S/C15H16ClNO2/c1-19-14-9-5-8-12(16)15(14)13(10-18)17-11-6-3-2-4-7-11/h2-9,13,17-18H,10H2,1H3. The molecule has 2 aromatic carbocycles. The van der Waals surface area contributed by atoms with Crippen LogP contribution in [-0.2, 0) is 0 Å². The molecule has 0 amide bonds. The van der Waals surface area contributed by atoms with Gasteiger partial charge in [-0.2, -0.15) is 0 Å². The number of halogens is 1. The van der Waals surface area contributed by atoms with Gasteiger partial charge in [0.05, 0.1) is 19.8 Å². The van der Waals surface area contributed by atoms with E-state index in [1.54, 1.807) is 13.2 Å². The second-order valence-corrected chi connectivity index (χ2v) is 4.51. The highest BCUT2D eigenvalue weighted by molar-refractivity contribution is 6.31. The third-order valence-corrected chi connectivity index (χ3v) is 3.21. The normalized spacial score (nSPS) is 11.9. The molecule has 1 atom stereocenters. The molecule has 0 aliphatic rings. The van der Waals surface area contributed by atoms with Crippen molar-refractivity contribution in [3.05, 3.63) is 59.1 Å². The van der Waals surface area contributed by atoms with E-state index in [1.807, 2.05) is 42.5 Å². The maximum Gasteiger partial charge on any atom is 0.125 e. The first-order valence-electron chi connectivity index (χ1n) is 6.01. The topological polar surface area (TPSA) is 41.5 Å². The van der Waals surface area contributed by atoms with Gasteiger partial charge in [0.1, 0.15) is 5.75 Å². The molecule has 19 heavy (non-hydrogen) atoms. The molecular formula is C15H16ClNO2. The maximum absolute atomic E-state index is 9.61. The number of benzene rings is 2. The van der Waals surface area contributed by atoms with Crippen LogP contribution >= 0.6 is 11.6 Å². The number of hydrogen-bond acceptors (Lipinski definition) is 3. The van der Waals surface area contributed by atoms with Crippen LogP contribution in [0.4, 0.5) is 5.69 Å². The van der Waals surface area contributed by atoms with Crippen molar-refractivity contribution in [2.24, 2.45) is 0 Å². The molecule has 0 aromatic heterocycles. The smallest absolute Gasteiger partial charge is 0.125 e. The number of anilines is 1. The van der Waals surface area contributed by atoms with Crippen LogP contribution < -0.4 is 10.1 Å². The number of rotatable bonds is 5. The van der Waals surface area contributed by atoms with Gasteiger partial charge in [0, 0.05) is 16.3 Å². The predicted octanol–water partition coefficient (Wildman–Crippen LogP) is 3.49. The molecule has 0 bridgehead atoms. The summed E-state index contributed by atoms with van der Waals surface area (Å²) in [6.45, 7) is -0.0744. The summed E-state index contributed by atoms with van der Waals surface area (Å²) in [4.78, 5) is 0. The third kappa shape index (κ3) is 3.19. The molecule has 0 saturated carbocycles. The largest absolute Gasteiger partial charge is 0.496 e. The average molecular weight is 278 g/mol. The van der Waals surface area contributed by atoms with Crippen LogP contribution in [0, 0.1) is 0 Å². The van der Waals surface area contributed by atoms with Gasteiger partial charge in [0.2, 0.25) is 0 Å². The fourth-order valence-corrected chi connectivity index (χ4v) is 2.28. The highest BCUT2D eigenvalue weighted by Crippen LogP contribution is 2.33. The van der Waals surface area contributed by atoms with Crippen LogP contribution in [0.5, 0.6) is 5.75 Å². The fourth-order valence-electron chi connectivity index (χ4n) is 1.98. The van der Waals surface area contributed by atoms with E-state index < -0.39 is 0 Å². The van der Waals surface area contributed by atoms with Crippen LogP contribution in [0.1, 0.15) is 11.6 Å². The van der Waals surface area contributed by atoms with Gasteiger partial charge in [-0.3, -0.25) is 0 Å². The van der Waals surface area contributed by atoms with E-state index in [1.165, 1.54) is 0 Å². The van der Waals surface area contributed by atoms with Gasteiger partial charge >= 0.3 is 0 Å². The molecule has 0 fully saturated rings. The molecule has 0 saturated heterocycles. The number of para-hydroxylation sites is 1. The highest BCUT2D eigenvalue weighted by atomic mass is 35.5. The van der Waals surface area contributed by atoms with Crippen molar-refractivity contribution in [2.75, 3.05) is 19.0 Å². The number of aliphatic hydroxyl groups excluding tert-OH is 1. The zero-order chi connectivity index (χ0) is 13.7. The predicted molar refractivity (Wildman–Crippen MR) is 77.9 cm³/mol. The minimum Gasteiger partial charge on any atom is -0.496 e. The first kappa shape index (κ1) is 13.7. The van der Waals surface area contributed by atoms with E-state index in [2.05, 4.69) is 5.32 Å². The van der Waals surface area contributed by atoms with Crippen molar-refractivity contribution in [2.45, 2.75) is 6.04 Å². The van der Waals surface area contributed by atoms with Crippen LogP contribution in [0.2, 0.25) is 5.02 Å². The minimum absolute atomic E-state index is 0.0744. The molecule has 0 spiro atoms. The number of hydrogen-bond donors (Lipinski definition) is 2. The minimum atomic E-state index is -0.314. The van der Waals surface area contributed by atoms with Crippen LogP contribution in [0.15, 0.2) is 48.5 Å². The lowest BCUT2D eigenvalue weighted by molar-refractivity contribution is 0.273. The molecular weight excluding hydrogens is 262 g/mol. The van der Waals surface area contributed by atoms with E-state index in [0.717, 1.165) is 11.3 Å². The number of nitrogens with one attached hydrogen (secondary N) is 1. The lowest BCUT2D eigenvalue weighted by atomic mass is 10.1. The summed E-state index contributed by atoms with van der Waals surface area (Å²) in [5, 5.41) is 13.4. The van der Waals surface area contributed by atoms with E-state index in [0.29, 0.717) is 10.8 Å². The summed E-state index contributed by atoms with van der Waals surface area (Å²) < 4.78 is 5.31. The quantitative estimate of drug-likeness (QED) is 0.879. The molecule has 0 aliphatic carbocycles. The summed E-state index contributed by atoms with van der Waals surface area (Å²) in [5.41, 5.74) is 1.68. The molecule has 100 valence electrons. The lowest BCUT2D eigenvalue weighted by Gasteiger charge is -2.21. The molecule has 2 N–H and O–H groups in total. The summed E-state index contributed by atoms with van der Waals surface area (Å²) in [5.74, 6) is 0.662. The Bertz CT molecular complexity index is 531. The lowest BCUT2D eigenvalue weighted by Crippen LogP contribution is -2.16. The summed E-state index contributed by atoms with van der Waals surface area (Å²) >= 11 is 6.22. The van der Waals surface area contributed by atoms with Crippen molar-refractivity contribution >= 4 is 17.3 Å². The van der Waals surface area contributed by atoms with Gasteiger partial charge in [0.15, 0.2) is 0 Å². The van der Waals surface area contributed by atoms with Crippen LogP contribution in [0.25, 0.3) is 0 Å². The summed E-state index contributed by atoms with van der Waals surface area (Å²) in [7, 11) is 1.59. The Hall–Kier alpha value is -1.71. The highest BCUT2D eigenvalue weighted by Gasteiger charge is 2.18. The van der Waals surface area contributed by atoms with Crippen molar-refractivity contribution in [3.63, 3.8) is 0 Å². The molecule has 0 heterocycles. The zero-order valence-electron chi connectivity index (χ0n) is 10.6. The molecule has 0 radical (unpaired) electrons. The zero-order valence-corrected chi connectivity index (χ0v) is 11.4. The van der Waals surface area contributed by atoms with Gasteiger partial charge in [-0.25, -0.2) is 0 Å². The Kier molecular flexibility index (Phi) is 4.66. The maximum atomic E-state index is 9.61. The van der Waals surface area contributed by atoms with Crippen molar-refractivity contribution < 1.29 is 9.84 Å². The molecule has 3 nitrogen and oxygen atoms in total. The molecule has 2 aromatic rings. The van der Waals surface area contributed by atoms with Crippen LogP contribution in [-0.4, -0.2) is 18.8 Å². The van der Waals surface area contributed by atoms with E-state index >= 15 is 0 Å². The second kappa shape index (κ2) is 6.45. The van der Waals surface area contributed by atoms with Gasteiger partial charge in [-0.05, 0) is 24.3 Å². The van der Waals surface area contributed by atoms with E-state index in [9.17, 15) is 5.11 Å². The van der Waals surface area contributed by atoms with Crippen molar-refractivity contribution in [1.82, 2.24) is 0 Å². The Morgan fingerprint density at radius 3 is 2.53 bits per heavy atom. The van der Waals surface area contributed by atoms with Gasteiger partial charge in [-0.1, -0.05) is 35.9 Å². The average Bonchev–Trinajstić information content (AvgIpc) is 2.46. The van der Waals surface area contributed by atoms with Gasteiger partial charge in [0.25, 0.3) is 0 Å². The number of ether oxygens (including phenoxy) is 1. The fraction of sp³-hybridized carbons (Fsp3) is 0.200. The Labute approximate surface area is 117 Å². The molecule has 0 aliphatic heterocycles. The Morgan fingerprint density at radius 1 is 1.16 bits per heavy atom. The molecule has 2 rings (SSSR count). The number of aliphatic hydroxyl groups is 1. The van der Waals surface area contributed by atoms with Crippen molar-refractivity contribution in [3.8, 4) is 5.75 Å². The van der Waals surface area contributed by atoms with Crippen molar-refractivity contribution in [1.29, 1.82) is 0 Å². The Morgan fingerprint density at radius 2 is 1.89 bits per heavy atom.